The van der Waals surface area contributed by atoms with E-state index in [2.05, 4.69) is 25.1 Å². The Labute approximate surface area is 175 Å². The summed E-state index contributed by atoms with van der Waals surface area (Å²) in [4.78, 5) is 27.5. The number of nitrogens with zero attached hydrogens (tertiary/aromatic N) is 5. The largest absolute Gasteiger partial charge is 0.325 e. The maximum atomic E-state index is 12.3. The number of carbonyl (C=O) groups excluding carboxylic acids is 1. The lowest BCUT2D eigenvalue weighted by atomic mass is 10.2. The second-order valence-corrected chi connectivity index (χ2v) is 7.57. The van der Waals surface area contributed by atoms with Crippen LogP contribution in [0.2, 0.25) is 0 Å². The first kappa shape index (κ1) is 19.8. The molecule has 0 aliphatic heterocycles. The number of nitro benzene ring substituents is 1. The van der Waals surface area contributed by atoms with Crippen molar-refractivity contribution < 1.29 is 9.72 Å². The third-order valence-corrected chi connectivity index (χ3v) is 5.53. The van der Waals surface area contributed by atoms with Gasteiger partial charge in [-0.1, -0.05) is 36.0 Å². The van der Waals surface area contributed by atoms with Crippen molar-refractivity contribution in [1.82, 2.24) is 19.7 Å². The lowest BCUT2D eigenvalue weighted by Gasteiger charge is -2.06. The number of aromatic nitrogens is 4. The van der Waals surface area contributed by atoms with Crippen LogP contribution >= 0.6 is 11.8 Å². The Morgan fingerprint density at radius 3 is 2.80 bits per heavy atom. The third-order valence-electron chi connectivity index (χ3n) is 4.69. The fourth-order valence-electron chi connectivity index (χ4n) is 3.28. The van der Waals surface area contributed by atoms with Crippen LogP contribution in [0.3, 0.4) is 0 Å². The maximum Gasteiger partial charge on any atom is 0.274 e. The molecule has 0 unspecified atom stereocenters. The minimum atomic E-state index is -0.471. The fourth-order valence-corrected chi connectivity index (χ4v) is 3.86. The molecular weight excluding hydrogens is 404 g/mol. The van der Waals surface area contributed by atoms with Crippen molar-refractivity contribution in [3.8, 4) is 0 Å². The molecule has 152 valence electrons. The number of nitrogens with one attached hydrogen (secondary N) is 1. The number of hydrogen-bond acceptors (Lipinski definition) is 7. The van der Waals surface area contributed by atoms with E-state index in [4.69, 9.17) is 0 Å². The number of fused-ring (bicyclic) bond motifs is 3. The smallest absolute Gasteiger partial charge is 0.274 e. The molecule has 0 radical (unpaired) electrons. The molecule has 0 saturated heterocycles. The van der Waals surface area contributed by atoms with Crippen LogP contribution in [0.4, 0.5) is 11.4 Å². The highest BCUT2D eigenvalue weighted by atomic mass is 32.2. The number of aryl methyl sites for hydroxylation is 2. The van der Waals surface area contributed by atoms with Gasteiger partial charge < -0.3 is 9.88 Å². The highest BCUT2D eigenvalue weighted by molar-refractivity contribution is 7.99. The zero-order chi connectivity index (χ0) is 21.3. The van der Waals surface area contributed by atoms with E-state index >= 15 is 0 Å². The van der Waals surface area contributed by atoms with Crippen molar-refractivity contribution in [2.45, 2.75) is 25.5 Å². The van der Waals surface area contributed by atoms with E-state index in [9.17, 15) is 14.9 Å². The van der Waals surface area contributed by atoms with Gasteiger partial charge in [0, 0.05) is 29.2 Å². The number of nitro groups is 1. The van der Waals surface area contributed by atoms with Gasteiger partial charge in [0.1, 0.15) is 5.52 Å². The van der Waals surface area contributed by atoms with Crippen LogP contribution in [0.1, 0.15) is 12.5 Å². The lowest BCUT2D eigenvalue weighted by molar-refractivity contribution is -0.385. The summed E-state index contributed by atoms with van der Waals surface area (Å²) >= 11 is 1.16. The molecule has 0 atom stereocenters. The van der Waals surface area contributed by atoms with Gasteiger partial charge in [0.05, 0.1) is 16.2 Å². The number of carbonyl (C=O) groups is 1. The second kappa shape index (κ2) is 8.07. The molecule has 2 heterocycles. The number of anilines is 1. The van der Waals surface area contributed by atoms with E-state index in [0.29, 0.717) is 16.4 Å². The van der Waals surface area contributed by atoms with Crippen LogP contribution in [0.25, 0.3) is 22.1 Å². The summed E-state index contributed by atoms with van der Waals surface area (Å²) in [6, 6.07) is 12.5. The van der Waals surface area contributed by atoms with Crippen LogP contribution in [0.15, 0.2) is 47.6 Å². The Morgan fingerprint density at radius 1 is 1.23 bits per heavy atom. The van der Waals surface area contributed by atoms with Crippen molar-refractivity contribution >= 4 is 51.1 Å². The molecule has 4 rings (SSSR count). The topological polar surface area (TPSA) is 116 Å². The molecule has 2 aromatic carbocycles. The van der Waals surface area contributed by atoms with E-state index in [1.165, 1.54) is 6.07 Å². The van der Waals surface area contributed by atoms with Crippen molar-refractivity contribution in [3.63, 3.8) is 0 Å². The van der Waals surface area contributed by atoms with Gasteiger partial charge in [0.2, 0.25) is 11.1 Å². The molecule has 9 nitrogen and oxygen atoms in total. The Balaban J connectivity index is 1.51. The fraction of sp³-hybridized carbons (Fsp3) is 0.200. The third kappa shape index (κ3) is 3.69. The highest BCUT2D eigenvalue weighted by Gasteiger charge is 2.15. The summed E-state index contributed by atoms with van der Waals surface area (Å²) in [7, 11) is 0. The standard InChI is InChI=1S/C20H18N6O3S/c1-3-25-15-7-5-4-6-14(15)18-19(25)22-20(24-23-18)30-11-17(27)21-13-9-8-12(2)16(10-13)26(28)29/h4-10H,3,11H2,1-2H3,(H,21,27). The van der Waals surface area contributed by atoms with Gasteiger partial charge in [-0.2, -0.15) is 0 Å². The summed E-state index contributed by atoms with van der Waals surface area (Å²) in [5.41, 5.74) is 3.37. The normalized spacial score (nSPS) is 11.1. The van der Waals surface area contributed by atoms with Crippen LogP contribution in [0, 0.1) is 17.0 Å². The Morgan fingerprint density at radius 2 is 2.03 bits per heavy atom. The number of para-hydroxylation sites is 1. The zero-order valence-electron chi connectivity index (χ0n) is 16.3. The molecule has 1 N–H and O–H groups in total. The van der Waals surface area contributed by atoms with Gasteiger partial charge in [-0.25, -0.2) is 4.98 Å². The molecular formula is C20H18N6O3S. The number of amides is 1. The molecule has 0 spiro atoms. The minimum absolute atomic E-state index is 0.0363. The first-order valence-corrected chi connectivity index (χ1v) is 10.3. The summed E-state index contributed by atoms with van der Waals surface area (Å²) in [5.74, 6) is -0.251. The van der Waals surface area contributed by atoms with Gasteiger partial charge in [0.15, 0.2) is 5.65 Å². The summed E-state index contributed by atoms with van der Waals surface area (Å²) in [6.45, 7) is 4.42. The van der Waals surface area contributed by atoms with Gasteiger partial charge in [-0.3, -0.25) is 14.9 Å². The number of hydrogen-bond donors (Lipinski definition) is 1. The zero-order valence-corrected chi connectivity index (χ0v) is 17.1. The van der Waals surface area contributed by atoms with Crippen LogP contribution in [-0.4, -0.2) is 36.3 Å². The van der Waals surface area contributed by atoms with Crippen molar-refractivity contribution in [3.05, 3.63) is 58.1 Å². The van der Waals surface area contributed by atoms with E-state index in [0.717, 1.165) is 40.4 Å². The molecule has 10 heteroatoms. The summed E-state index contributed by atoms with van der Waals surface area (Å²) in [5, 5.41) is 23.6. The number of thioether (sulfide) groups is 1. The molecule has 4 aromatic rings. The first-order valence-electron chi connectivity index (χ1n) is 9.27. The predicted octanol–water partition coefficient (Wildman–Crippen LogP) is 3.95. The highest BCUT2D eigenvalue weighted by Crippen LogP contribution is 2.27. The Bertz CT molecular complexity index is 1290. The van der Waals surface area contributed by atoms with Crippen LogP contribution in [0.5, 0.6) is 0 Å². The summed E-state index contributed by atoms with van der Waals surface area (Å²) in [6.07, 6.45) is 0. The van der Waals surface area contributed by atoms with Gasteiger partial charge >= 0.3 is 0 Å². The van der Waals surface area contributed by atoms with Gasteiger partial charge in [-0.05, 0) is 26.0 Å². The van der Waals surface area contributed by atoms with Crippen molar-refractivity contribution in [1.29, 1.82) is 0 Å². The lowest BCUT2D eigenvalue weighted by Crippen LogP contribution is -2.14. The average molecular weight is 422 g/mol. The summed E-state index contributed by atoms with van der Waals surface area (Å²) < 4.78 is 2.06. The molecule has 30 heavy (non-hydrogen) atoms. The molecule has 0 bridgehead atoms. The molecule has 0 saturated carbocycles. The monoisotopic (exact) mass is 422 g/mol. The van der Waals surface area contributed by atoms with E-state index < -0.39 is 4.92 Å². The van der Waals surface area contributed by atoms with E-state index in [1.54, 1.807) is 19.1 Å². The van der Waals surface area contributed by atoms with E-state index in [-0.39, 0.29) is 17.3 Å². The second-order valence-electron chi connectivity index (χ2n) is 6.62. The molecule has 0 aliphatic rings. The quantitative estimate of drug-likeness (QED) is 0.284. The maximum absolute atomic E-state index is 12.3. The van der Waals surface area contributed by atoms with Gasteiger partial charge in [-0.15, -0.1) is 10.2 Å². The van der Waals surface area contributed by atoms with Gasteiger partial charge in [0.25, 0.3) is 5.69 Å². The van der Waals surface area contributed by atoms with Crippen LogP contribution < -0.4 is 5.32 Å². The Hall–Kier alpha value is -3.53. The predicted molar refractivity (Wildman–Crippen MR) is 116 cm³/mol. The SMILES string of the molecule is CCn1c2ccccc2c2nnc(SCC(=O)Nc3ccc(C)c([N+](=O)[O-])c3)nc21. The number of benzene rings is 2. The minimum Gasteiger partial charge on any atom is -0.325 e. The molecule has 0 fully saturated rings. The number of rotatable bonds is 6. The Kier molecular flexibility index (Phi) is 5.32. The van der Waals surface area contributed by atoms with Crippen molar-refractivity contribution in [2.75, 3.05) is 11.1 Å². The molecule has 0 aliphatic carbocycles. The molecule has 2 aromatic heterocycles. The first-order chi connectivity index (χ1) is 14.5. The average Bonchev–Trinajstić information content (AvgIpc) is 3.06. The van der Waals surface area contributed by atoms with Crippen LogP contribution in [-0.2, 0) is 11.3 Å². The van der Waals surface area contributed by atoms with Crippen molar-refractivity contribution in [2.24, 2.45) is 0 Å². The molecule has 1 amide bonds. The van der Waals surface area contributed by atoms with E-state index in [1.807, 2.05) is 31.2 Å².